The second-order valence-electron chi connectivity index (χ2n) is 8.87. The highest BCUT2D eigenvalue weighted by Crippen LogP contribution is 2.35. The van der Waals surface area contributed by atoms with E-state index in [0.717, 1.165) is 29.5 Å². The molecule has 0 saturated carbocycles. The Morgan fingerprint density at radius 3 is 2.61 bits per heavy atom. The molecule has 1 aliphatic rings. The lowest BCUT2D eigenvalue weighted by atomic mass is 10.0. The summed E-state index contributed by atoms with van der Waals surface area (Å²) in [6.07, 6.45) is 2.25. The van der Waals surface area contributed by atoms with Crippen molar-refractivity contribution in [3.8, 4) is 5.75 Å². The summed E-state index contributed by atoms with van der Waals surface area (Å²) in [5.74, 6) is -1.56. The highest BCUT2D eigenvalue weighted by atomic mass is 16.5. The molecule has 2 aromatic carbocycles. The van der Waals surface area contributed by atoms with Gasteiger partial charge in [-0.1, -0.05) is 30.3 Å². The first-order chi connectivity index (χ1) is 17.3. The van der Waals surface area contributed by atoms with Crippen molar-refractivity contribution in [2.45, 2.75) is 45.1 Å². The van der Waals surface area contributed by atoms with Crippen molar-refractivity contribution in [1.82, 2.24) is 10.6 Å². The number of carbonyl (C=O) groups excluding carboxylic acids is 2. The Labute approximate surface area is 207 Å². The van der Waals surface area contributed by atoms with Crippen molar-refractivity contribution in [3.63, 3.8) is 0 Å². The maximum Gasteiger partial charge on any atom is 0.339 e. The lowest BCUT2D eigenvalue weighted by Gasteiger charge is -2.19. The number of benzene rings is 2. The summed E-state index contributed by atoms with van der Waals surface area (Å²) in [6, 6.07) is 11.9. The molecule has 0 fully saturated rings. The molecule has 1 aliphatic carbocycles. The molecule has 2 amide bonds. The van der Waals surface area contributed by atoms with Crippen LogP contribution in [0.3, 0.4) is 0 Å². The van der Waals surface area contributed by atoms with Crippen LogP contribution in [-0.2, 0) is 33.6 Å². The number of aliphatic carboxylic acids is 1. The van der Waals surface area contributed by atoms with Gasteiger partial charge in [0, 0.05) is 18.5 Å². The van der Waals surface area contributed by atoms with E-state index in [1.165, 1.54) is 0 Å². The van der Waals surface area contributed by atoms with Gasteiger partial charge in [0.25, 0.3) is 5.91 Å². The molecule has 0 saturated heterocycles. The van der Waals surface area contributed by atoms with Gasteiger partial charge in [-0.05, 0) is 55.0 Å². The van der Waals surface area contributed by atoms with Crippen LogP contribution in [0, 0.1) is 6.92 Å². The predicted molar refractivity (Wildman–Crippen MR) is 132 cm³/mol. The zero-order valence-corrected chi connectivity index (χ0v) is 20.0. The highest BCUT2D eigenvalue weighted by Gasteiger charge is 2.24. The summed E-state index contributed by atoms with van der Waals surface area (Å²) in [7, 11) is 0. The van der Waals surface area contributed by atoms with Gasteiger partial charge in [0.1, 0.15) is 17.4 Å². The van der Waals surface area contributed by atoms with Crippen LogP contribution in [0.25, 0.3) is 11.0 Å². The third kappa shape index (κ3) is 5.91. The number of rotatable bonds is 10. The minimum atomic E-state index is -1.03. The molecule has 3 N–H and O–H groups in total. The molecule has 36 heavy (non-hydrogen) atoms. The number of carboxylic acids is 1. The van der Waals surface area contributed by atoms with Crippen LogP contribution >= 0.6 is 0 Å². The van der Waals surface area contributed by atoms with Crippen molar-refractivity contribution < 1.29 is 28.6 Å². The summed E-state index contributed by atoms with van der Waals surface area (Å²) in [5, 5.41) is 14.8. The molecular formula is C27H28N2O7. The van der Waals surface area contributed by atoms with E-state index in [9.17, 15) is 19.2 Å². The van der Waals surface area contributed by atoms with Crippen LogP contribution in [0.2, 0.25) is 0 Å². The molecule has 188 valence electrons. The van der Waals surface area contributed by atoms with Gasteiger partial charge in [0.15, 0.2) is 6.61 Å². The molecule has 9 nitrogen and oxygen atoms in total. The average molecular weight is 493 g/mol. The van der Waals surface area contributed by atoms with Gasteiger partial charge in [-0.15, -0.1) is 0 Å². The van der Waals surface area contributed by atoms with Crippen molar-refractivity contribution in [1.29, 1.82) is 0 Å². The minimum absolute atomic E-state index is 0.0442. The zero-order valence-electron chi connectivity index (χ0n) is 20.0. The summed E-state index contributed by atoms with van der Waals surface area (Å²) in [6.45, 7) is 1.45. The fourth-order valence-electron chi connectivity index (χ4n) is 4.47. The summed E-state index contributed by atoms with van der Waals surface area (Å²) >= 11 is 0. The smallest absolute Gasteiger partial charge is 0.339 e. The van der Waals surface area contributed by atoms with E-state index in [1.807, 2.05) is 37.3 Å². The molecular weight excluding hydrogens is 464 g/mol. The number of aryl methyl sites for hydroxylation is 2. The van der Waals surface area contributed by atoms with Gasteiger partial charge in [-0.2, -0.15) is 0 Å². The quantitative estimate of drug-likeness (QED) is 0.370. The van der Waals surface area contributed by atoms with Crippen LogP contribution in [0.5, 0.6) is 5.75 Å². The Balaban J connectivity index is 1.49. The van der Waals surface area contributed by atoms with E-state index in [-0.39, 0.29) is 31.6 Å². The summed E-state index contributed by atoms with van der Waals surface area (Å²) < 4.78 is 11.4. The first-order valence-corrected chi connectivity index (χ1v) is 11.9. The summed E-state index contributed by atoms with van der Waals surface area (Å²) in [4.78, 5) is 48.6. The molecule has 0 radical (unpaired) electrons. The van der Waals surface area contributed by atoms with E-state index in [2.05, 4.69) is 10.6 Å². The Morgan fingerprint density at radius 1 is 1.11 bits per heavy atom. The molecule has 0 unspecified atom stereocenters. The van der Waals surface area contributed by atoms with Gasteiger partial charge in [0.05, 0.1) is 11.8 Å². The number of hydrogen-bond donors (Lipinski definition) is 3. The Kier molecular flexibility index (Phi) is 7.68. The second-order valence-corrected chi connectivity index (χ2v) is 8.87. The number of nitrogens with one attached hydrogen (secondary N) is 2. The van der Waals surface area contributed by atoms with E-state index >= 15 is 0 Å². The van der Waals surface area contributed by atoms with Crippen LogP contribution in [-0.4, -0.2) is 42.1 Å². The van der Waals surface area contributed by atoms with Gasteiger partial charge < -0.3 is 24.9 Å². The standard InChI is InChI=1S/C27H28N2O7/c1-16-12-21(25-18-8-5-9-19(18)27(34)36-22(25)13-16)35-15-23(30)29-20(14-17-6-3-2-4-7-17)26(33)28-11-10-24(31)32/h2-4,6-7,12-13,20H,5,8-11,14-15H2,1H3,(H,28,33)(H,29,30)(H,31,32)/t20-/m0/s1. The van der Waals surface area contributed by atoms with Crippen LogP contribution in [0.1, 0.15) is 35.1 Å². The van der Waals surface area contributed by atoms with E-state index in [4.69, 9.17) is 14.3 Å². The molecule has 9 heteroatoms. The van der Waals surface area contributed by atoms with Gasteiger partial charge in [0.2, 0.25) is 5.91 Å². The maximum absolute atomic E-state index is 12.8. The van der Waals surface area contributed by atoms with Crippen molar-refractivity contribution in [2.75, 3.05) is 13.2 Å². The maximum atomic E-state index is 12.8. The van der Waals surface area contributed by atoms with Crippen LogP contribution in [0.15, 0.2) is 51.7 Å². The van der Waals surface area contributed by atoms with Gasteiger partial charge in [-0.3, -0.25) is 14.4 Å². The van der Waals surface area contributed by atoms with Crippen LogP contribution in [0.4, 0.5) is 0 Å². The fraction of sp³-hybridized carbons (Fsp3) is 0.333. The van der Waals surface area contributed by atoms with Crippen LogP contribution < -0.4 is 21.0 Å². The minimum Gasteiger partial charge on any atom is -0.483 e. The van der Waals surface area contributed by atoms with Gasteiger partial charge >= 0.3 is 11.6 Å². The topological polar surface area (TPSA) is 135 Å². The number of carbonyl (C=O) groups is 3. The van der Waals surface area contributed by atoms with Crippen molar-refractivity contribution in [2.24, 2.45) is 0 Å². The number of ether oxygens (including phenoxy) is 1. The van der Waals surface area contributed by atoms with E-state index < -0.39 is 23.8 Å². The third-order valence-electron chi connectivity index (χ3n) is 6.11. The highest BCUT2D eigenvalue weighted by molar-refractivity contribution is 5.91. The molecule has 1 atom stereocenters. The second kappa shape index (κ2) is 11.1. The van der Waals surface area contributed by atoms with Crippen molar-refractivity contribution >= 4 is 28.8 Å². The Bertz CT molecular complexity index is 1350. The number of fused-ring (bicyclic) bond motifs is 3. The first-order valence-electron chi connectivity index (χ1n) is 11.9. The number of amides is 2. The lowest BCUT2D eigenvalue weighted by molar-refractivity contribution is -0.137. The number of carboxylic acid groups (broad SMARTS) is 1. The molecule has 0 bridgehead atoms. The van der Waals surface area contributed by atoms with E-state index in [1.54, 1.807) is 12.1 Å². The Morgan fingerprint density at radius 2 is 1.86 bits per heavy atom. The molecule has 1 aromatic heterocycles. The third-order valence-corrected chi connectivity index (χ3v) is 6.11. The molecule has 0 aliphatic heterocycles. The molecule has 1 heterocycles. The lowest BCUT2D eigenvalue weighted by Crippen LogP contribution is -2.49. The fourth-order valence-corrected chi connectivity index (χ4v) is 4.47. The van der Waals surface area contributed by atoms with Crippen molar-refractivity contribution in [3.05, 3.63) is 75.1 Å². The summed E-state index contributed by atoms with van der Waals surface area (Å²) in [5.41, 5.74) is 3.31. The molecule has 0 spiro atoms. The molecule has 3 aromatic rings. The first kappa shape index (κ1) is 25.0. The number of hydrogen-bond acceptors (Lipinski definition) is 6. The van der Waals surface area contributed by atoms with Gasteiger partial charge in [-0.25, -0.2) is 4.79 Å². The normalized spacial score (nSPS) is 13.1. The van der Waals surface area contributed by atoms with E-state index in [0.29, 0.717) is 28.7 Å². The Hall–Kier alpha value is -4.14. The zero-order chi connectivity index (χ0) is 25.7. The SMILES string of the molecule is Cc1cc(OCC(=O)N[C@@H](Cc2ccccc2)C(=O)NCCC(=O)O)c2c3c(c(=O)oc2c1)CCC3. The molecule has 4 rings (SSSR count). The predicted octanol–water partition coefficient (Wildman–Crippen LogP) is 2.29. The average Bonchev–Trinajstić information content (AvgIpc) is 3.33. The monoisotopic (exact) mass is 492 g/mol. The largest absolute Gasteiger partial charge is 0.483 e.